The Morgan fingerprint density at radius 2 is 2.00 bits per heavy atom. The summed E-state index contributed by atoms with van der Waals surface area (Å²) in [5.74, 6) is -0.682. The molecule has 0 fully saturated rings. The highest BCUT2D eigenvalue weighted by Crippen LogP contribution is 1.97. The maximum atomic E-state index is 9.87. The van der Waals surface area contributed by atoms with Crippen LogP contribution in [0, 0.1) is 0 Å². The minimum Gasteiger partial charge on any atom is -0.481 e. The van der Waals surface area contributed by atoms with Crippen molar-refractivity contribution >= 4 is 5.97 Å². The molecule has 0 amide bonds. The molecule has 0 saturated carbocycles. The maximum Gasteiger partial charge on any atom is 0.303 e. The monoisotopic (exact) mass is 134 g/mol. The van der Waals surface area contributed by atoms with E-state index in [2.05, 4.69) is 6.92 Å². The van der Waals surface area contributed by atoms with Crippen molar-refractivity contribution in [2.75, 3.05) is 0 Å². The van der Waals surface area contributed by atoms with Gasteiger partial charge in [0.25, 0.3) is 0 Å². The molecule has 0 aliphatic carbocycles. The second-order valence-corrected chi connectivity index (χ2v) is 1.85. The number of carbonyl (C=O) groups is 1. The number of aliphatic carboxylic acids is 1. The van der Waals surface area contributed by atoms with E-state index >= 15 is 0 Å². The van der Waals surface area contributed by atoms with E-state index in [0.29, 0.717) is 6.42 Å². The molecule has 3 N–H and O–H groups in total. The van der Waals surface area contributed by atoms with Gasteiger partial charge in [-0.3, -0.25) is 4.79 Å². The lowest BCUT2D eigenvalue weighted by Crippen LogP contribution is -1.92. The molecular formula is C6H14O3. The topological polar surface area (TPSA) is 68.8 Å². The van der Waals surface area contributed by atoms with Crippen molar-refractivity contribution in [1.82, 2.24) is 0 Å². The van der Waals surface area contributed by atoms with Crippen LogP contribution in [0.1, 0.15) is 32.6 Å². The predicted molar refractivity (Wildman–Crippen MR) is 35.4 cm³/mol. The molecule has 0 radical (unpaired) electrons. The highest BCUT2D eigenvalue weighted by molar-refractivity contribution is 5.66. The lowest BCUT2D eigenvalue weighted by Gasteiger charge is -1.89. The van der Waals surface area contributed by atoms with Gasteiger partial charge >= 0.3 is 5.97 Å². The summed E-state index contributed by atoms with van der Waals surface area (Å²) in [5.41, 5.74) is 0. The molecule has 0 aromatic rings. The van der Waals surface area contributed by atoms with Gasteiger partial charge in [0.1, 0.15) is 0 Å². The second-order valence-electron chi connectivity index (χ2n) is 1.85. The van der Waals surface area contributed by atoms with Gasteiger partial charge in [-0.25, -0.2) is 0 Å². The van der Waals surface area contributed by atoms with Gasteiger partial charge in [0, 0.05) is 6.42 Å². The Hall–Kier alpha value is -0.570. The molecule has 0 rings (SSSR count). The first kappa shape index (κ1) is 11.3. The average Bonchev–Trinajstić information content (AvgIpc) is 1.66. The molecule has 0 saturated heterocycles. The van der Waals surface area contributed by atoms with Crippen LogP contribution in [0.25, 0.3) is 0 Å². The Balaban J connectivity index is 0. The fraction of sp³-hybridized carbons (Fsp3) is 0.833. The SMILES string of the molecule is CCCCCC(=O)O.O. The fourth-order valence-electron chi connectivity index (χ4n) is 0.526. The molecule has 0 heterocycles. The second kappa shape index (κ2) is 7.43. The van der Waals surface area contributed by atoms with E-state index in [1.807, 2.05) is 0 Å². The van der Waals surface area contributed by atoms with Crippen molar-refractivity contribution in [3.05, 3.63) is 0 Å². The quantitative estimate of drug-likeness (QED) is 0.578. The summed E-state index contributed by atoms with van der Waals surface area (Å²) < 4.78 is 0. The predicted octanol–water partition coefficient (Wildman–Crippen LogP) is 0.827. The number of unbranched alkanes of at least 4 members (excludes halogenated alkanes) is 2. The molecule has 3 nitrogen and oxygen atoms in total. The zero-order valence-electron chi connectivity index (χ0n) is 5.68. The standard InChI is InChI=1S/C6H12O2.H2O/c1-2-3-4-5-6(7)8;/h2-5H2,1H3,(H,7,8);1H2. The van der Waals surface area contributed by atoms with Crippen LogP contribution in [0.4, 0.5) is 0 Å². The Kier molecular flexibility index (Phi) is 9.29. The Labute approximate surface area is 55.0 Å². The van der Waals surface area contributed by atoms with Gasteiger partial charge in [-0.05, 0) is 6.42 Å². The van der Waals surface area contributed by atoms with E-state index in [-0.39, 0.29) is 5.48 Å². The number of hydrogen-bond acceptors (Lipinski definition) is 1. The van der Waals surface area contributed by atoms with E-state index in [1.165, 1.54) is 0 Å². The molecule has 0 aromatic heterocycles. The molecule has 0 aliphatic rings. The minimum absolute atomic E-state index is 0. The Bertz CT molecular complexity index is 70.7. The van der Waals surface area contributed by atoms with Crippen molar-refractivity contribution < 1.29 is 15.4 Å². The van der Waals surface area contributed by atoms with Crippen molar-refractivity contribution in [3.63, 3.8) is 0 Å². The molecule has 9 heavy (non-hydrogen) atoms. The van der Waals surface area contributed by atoms with Crippen molar-refractivity contribution in [3.8, 4) is 0 Å². The summed E-state index contributed by atoms with van der Waals surface area (Å²) in [6, 6.07) is 0. The summed E-state index contributed by atoms with van der Waals surface area (Å²) in [7, 11) is 0. The summed E-state index contributed by atoms with van der Waals surface area (Å²) in [4.78, 5) is 9.87. The van der Waals surface area contributed by atoms with Gasteiger partial charge in [0.2, 0.25) is 0 Å². The zero-order chi connectivity index (χ0) is 6.41. The third-order valence-electron chi connectivity index (χ3n) is 0.994. The summed E-state index contributed by atoms with van der Waals surface area (Å²) in [6.07, 6.45) is 3.28. The number of rotatable bonds is 4. The molecule has 0 aliphatic heterocycles. The van der Waals surface area contributed by atoms with Crippen molar-refractivity contribution in [1.29, 1.82) is 0 Å². The van der Waals surface area contributed by atoms with E-state index in [1.54, 1.807) is 0 Å². The molecule has 0 aromatic carbocycles. The third kappa shape index (κ3) is 11.2. The van der Waals surface area contributed by atoms with Crippen LogP contribution >= 0.6 is 0 Å². The van der Waals surface area contributed by atoms with Crippen LogP contribution < -0.4 is 0 Å². The first-order chi connectivity index (χ1) is 3.77. The van der Waals surface area contributed by atoms with Gasteiger partial charge in [-0.2, -0.15) is 0 Å². The third-order valence-corrected chi connectivity index (χ3v) is 0.994. The van der Waals surface area contributed by atoms with E-state index < -0.39 is 5.97 Å². The zero-order valence-corrected chi connectivity index (χ0v) is 5.68. The maximum absolute atomic E-state index is 9.87. The highest BCUT2D eigenvalue weighted by Gasteiger charge is 1.92. The van der Waals surface area contributed by atoms with Crippen LogP contribution in [-0.4, -0.2) is 16.6 Å². The molecule has 0 atom stereocenters. The van der Waals surface area contributed by atoms with Crippen LogP contribution in [-0.2, 0) is 4.79 Å². The smallest absolute Gasteiger partial charge is 0.303 e. The molecule has 0 bridgehead atoms. The lowest BCUT2D eigenvalue weighted by molar-refractivity contribution is -0.137. The first-order valence-electron chi connectivity index (χ1n) is 2.99. The van der Waals surface area contributed by atoms with E-state index in [9.17, 15) is 4.79 Å². The van der Waals surface area contributed by atoms with Crippen LogP contribution in [0.15, 0.2) is 0 Å². The van der Waals surface area contributed by atoms with Crippen LogP contribution in [0.2, 0.25) is 0 Å². The number of hydrogen-bond donors (Lipinski definition) is 1. The Morgan fingerprint density at radius 3 is 2.33 bits per heavy atom. The van der Waals surface area contributed by atoms with Crippen LogP contribution in [0.3, 0.4) is 0 Å². The minimum atomic E-state index is -0.682. The number of carboxylic acids is 1. The molecular weight excluding hydrogens is 120 g/mol. The van der Waals surface area contributed by atoms with E-state index in [4.69, 9.17) is 5.11 Å². The van der Waals surface area contributed by atoms with Gasteiger partial charge in [0.05, 0.1) is 0 Å². The summed E-state index contributed by atoms with van der Waals surface area (Å²) in [5, 5.41) is 8.14. The summed E-state index contributed by atoms with van der Waals surface area (Å²) in [6.45, 7) is 2.06. The van der Waals surface area contributed by atoms with Crippen LogP contribution in [0.5, 0.6) is 0 Å². The average molecular weight is 134 g/mol. The van der Waals surface area contributed by atoms with Gasteiger partial charge in [0.15, 0.2) is 0 Å². The van der Waals surface area contributed by atoms with Gasteiger partial charge in [-0.1, -0.05) is 19.8 Å². The fourth-order valence-corrected chi connectivity index (χ4v) is 0.526. The lowest BCUT2D eigenvalue weighted by atomic mass is 10.2. The van der Waals surface area contributed by atoms with Gasteiger partial charge < -0.3 is 10.6 Å². The van der Waals surface area contributed by atoms with Gasteiger partial charge in [-0.15, -0.1) is 0 Å². The number of carboxylic acid groups (broad SMARTS) is 1. The first-order valence-corrected chi connectivity index (χ1v) is 2.99. The normalized spacial score (nSPS) is 8.11. The molecule has 0 unspecified atom stereocenters. The largest absolute Gasteiger partial charge is 0.481 e. The van der Waals surface area contributed by atoms with Crippen molar-refractivity contribution in [2.45, 2.75) is 32.6 Å². The molecule has 3 heteroatoms. The van der Waals surface area contributed by atoms with E-state index in [0.717, 1.165) is 19.3 Å². The summed E-state index contributed by atoms with van der Waals surface area (Å²) >= 11 is 0. The molecule has 0 spiro atoms. The highest BCUT2D eigenvalue weighted by atomic mass is 16.4. The molecule has 56 valence electrons. The van der Waals surface area contributed by atoms with Crippen molar-refractivity contribution in [2.24, 2.45) is 0 Å². The Morgan fingerprint density at radius 1 is 1.44 bits per heavy atom.